The lowest BCUT2D eigenvalue weighted by Gasteiger charge is -2.31. The van der Waals surface area contributed by atoms with Crippen LogP contribution >= 0.6 is 0 Å². The molecular formula is C9H21N3O2. The summed E-state index contributed by atoms with van der Waals surface area (Å²) in [5.74, 6) is -0.129. The molecule has 3 unspecified atom stereocenters. The van der Waals surface area contributed by atoms with Gasteiger partial charge in [0.2, 0.25) is 5.91 Å². The van der Waals surface area contributed by atoms with Gasteiger partial charge in [-0.05, 0) is 20.9 Å². The van der Waals surface area contributed by atoms with Gasteiger partial charge in [-0.25, -0.2) is 5.01 Å². The van der Waals surface area contributed by atoms with Crippen LogP contribution in [0.2, 0.25) is 0 Å². The van der Waals surface area contributed by atoms with Crippen molar-refractivity contribution in [3.63, 3.8) is 0 Å². The van der Waals surface area contributed by atoms with Crippen LogP contribution in [0.3, 0.4) is 0 Å². The van der Waals surface area contributed by atoms with Gasteiger partial charge in [0.05, 0.1) is 12.1 Å². The molecule has 0 bridgehead atoms. The Kier molecular flexibility index (Phi) is 5.68. The smallest absolute Gasteiger partial charge is 0.217 e. The molecule has 0 heterocycles. The van der Waals surface area contributed by atoms with Gasteiger partial charge in [0.25, 0.3) is 0 Å². The number of hydrazine groups is 1. The Morgan fingerprint density at radius 1 is 1.43 bits per heavy atom. The van der Waals surface area contributed by atoms with Crippen molar-refractivity contribution in [1.29, 1.82) is 0 Å². The molecule has 14 heavy (non-hydrogen) atoms. The minimum Gasteiger partial charge on any atom is -0.389 e. The third-order valence-corrected chi connectivity index (χ3v) is 2.40. The van der Waals surface area contributed by atoms with E-state index in [1.807, 2.05) is 14.0 Å². The van der Waals surface area contributed by atoms with E-state index >= 15 is 0 Å². The number of amides is 1. The Hall–Kier alpha value is -0.650. The Labute approximate surface area is 85.4 Å². The highest BCUT2D eigenvalue weighted by molar-refractivity contribution is 5.73. The molecule has 5 nitrogen and oxygen atoms in total. The van der Waals surface area contributed by atoms with Crippen molar-refractivity contribution >= 4 is 5.91 Å². The fourth-order valence-electron chi connectivity index (χ4n) is 1.26. The molecule has 3 atom stereocenters. The molecular weight excluding hydrogens is 182 g/mol. The SMILES string of the molecule is CNN(C)C(C)C(O)C(C)NC(C)=O. The van der Waals surface area contributed by atoms with Crippen molar-refractivity contribution in [3.8, 4) is 0 Å². The van der Waals surface area contributed by atoms with E-state index in [2.05, 4.69) is 10.7 Å². The Balaban J connectivity index is 4.15. The van der Waals surface area contributed by atoms with E-state index in [1.54, 1.807) is 19.0 Å². The van der Waals surface area contributed by atoms with Crippen molar-refractivity contribution in [2.45, 2.75) is 39.0 Å². The Bertz CT molecular complexity index is 187. The maximum Gasteiger partial charge on any atom is 0.217 e. The lowest BCUT2D eigenvalue weighted by atomic mass is 10.1. The van der Waals surface area contributed by atoms with E-state index in [9.17, 15) is 9.90 Å². The van der Waals surface area contributed by atoms with Crippen LogP contribution in [0.15, 0.2) is 0 Å². The Morgan fingerprint density at radius 3 is 2.29 bits per heavy atom. The van der Waals surface area contributed by atoms with E-state index in [-0.39, 0.29) is 18.0 Å². The van der Waals surface area contributed by atoms with Gasteiger partial charge >= 0.3 is 0 Å². The second kappa shape index (κ2) is 5.95. The van der Waals surface area contributed by atoms with Gasteiger partial charge in [-0.3, -0.25) is 10.2 Å². The van der Waals surface area contributed by atoms with Crippen LogP contribution in [0, 0.1) is 0 Å². The van der Waals surface area contributed by atoms with Crippen LogP contribution in [0.4, 0.5) is 0 Å². The molecule has 3 N–H and O–H groups in total. The van der Waals surface area contributed by atoms with Crippen molar-refractivity contribution in [2.75, 3.05) is 14.1 Å². The normalized spacial score (nSPS) is 17.6. The average molecular weight is 203 g/mol. The van der Waals surface area contributed by atoms with Crippen LogP contribution in [0.5, 0.6) is 0 Å². The molecule has 0 spiro atoms. The number of carbonyl (C=O) groups is 1. The second-order valence-electron chi connectivity index (χ2n) is 3.55. The third-order valence-electron chi connectivity index (χ3n) is 2.40. The number of rotatable bonds is 5. The van der Waals surface area contributed by atoms with Gasteiger partial charge in [0.1, 0.15) is 0 Å². The first kappa shape index (κ1) is 13.4. The first-order valence-corrected chi connectivity index (χ1v) is 4.75. The average Bonchev–Trinajstić information content (AvgIpc) is 2.13. The molecule has 0 aliphatic rings. The number of likely N-dealkylation sites (N-methyl/N-ethyl adjacent to an activating group) is 1. The number of aliphatic hydroxyl groups excluding tert-OH is 1. The van der Waals surface area contributed by atoms with E-state index in [0.29, 0.717) is 0 Å². The molecule has 0 rings (SSSR count). The molecule has 0 aromatic carbocycles. The minimum absolute atomic E-state index is 0.0677. The van der Waals surface area contributed by atoms with Crippen LogP contribution in [0.1, 0.15) is 20.8 Å². The number of carbonyl (C=O) groups excluding carboxylic acids is 1. The fraction of sp³-hybridized carbons (Fsp3) is 0.889. The van der Waals surface area contributed by atoms with Gasteiger partial charge in [-0.2, -0.15) is 0 Å². The molecule has 0 aromatic rings. The molecule has 0 saturated carbocycles. The zero-order chi connectivity index (χ0) is 11.3. The van der Waals surface area contributed by atoms with Crippen LogP contribution in [-0.4, -0.2) is 48.3 Å². The highest BCUT2D eigenvalue weighted by Crippen LogP contribution is 2.03. The van der Waals surface area contributed by atoms with E-state index in [4.69, 9.17) is 0 Å². The number of hydrogen-bond donors (Lipinski definition) is 3. The lowest BCUT2D eigenvalue weighted by Crippen LogP contribution is -2.53. The molecule has 0 aromatic heterocycles. The number of nitrogens with zero attached hydrogens (tertiary/aromatic N) is 1. The highest BCUT2D eigenvalue weighted by Gasteiger charge is 2.24. The van der Waals surface area contributed by atoms with Gasteiger partial charge in [-0.15, -0.1) is 0 Å². The first-order valence-electron chi connectivity index (χ1n) is 4.75. The molecule has 0 aliphatic heterocycles. The maximum atomic E-state index is 10.8. The van der Waals surface area contributed by atoms with Crippen LogP contribution in [-0.2, 0) is 4.79 Å². The predicted molar refractivity (Wildman–Crippen MR) is 55.6 cm³/mol. The number of nitrogens with one attached hydrogen (secondary N) is 2. The summed E-state index contributed by atoms with van der Waals surface area (Å²) in [6, 6.07) is -0.319. The van der Waals surface area contributed by atoms with Crippen LogP contribution < -0.4 is 10.7 Å². The number of aliphatic hydroxyl groups is 1. The standard InChI is InChI=1S/C9H21N3O2/c1-6(11-8(3)13)9(14)7(2)12(5)10-4/h6-7,9-10,14H,1-5H3,(H,11,13). The summed E-state index contributed by atoms with van der Waals surface area (Å²) in [4.78, 5) is 10.8. The molecule has 0 fully saturated rings. The molecule has 1 amide bonds. The third kappa shape index (κ3) is 4.04. The quantitative estimate of drug-likeness (QED) is 0.518. The van der Waals surface area contributed by atoms with Crippen LogP contribution in [0.25, 0.3) is 0 Å². The van der Waals surface area contributed by atoms with Crippen molar-refractivity contribution in [2.24, 2.45) is 0 Å². The van der Waals surface area contributed by atoms with Gasteiger partial charge < -0.3 is 10.4 Å². The van der Waals surface area contributed by atoms with Gasteiger partial charge in [0, 0.05) is 20.0 Å². The van der Waals surface area contributed by atoms with Gasteiger partial charge in [-0.1, -0.05) is 0 Å². The fourth-order valence-corrected chi connectivity index (χ4v) is 1.26. The monoisotopic (exact) mass is 203 g/mol. The minimum atomic E-state index is -0.601. The van der Waals surface area contributed by atoms with E-state index in [1.165, 1.54) is 6.92 Å². The van der Waals surface area contributed by atoms with Gasteiger partial charge in [0.15, 0.2) is 0 Å². The first-order chi connectivity index (χ1) is 6.40. The second-order valence-corrected chi connectivity index (χ2v) is 3.55. The highest BCUT2D eigenvalue weighted by atomic mass is 16.3. The molecule has 0 radical (unpaired) electrons. The van der Waals surface area contributed by atoms with E-state index < -0.39 is 6.10 Å². The molecule has 84 valence electrons. The topological polar surface area (TPSA) is 64.6 Å². The Morgan fingerprint density at radius 2 is 1.93 bits per heavy atom. The lowest BCUT2D eigenvalue weighted by molar-refractivity contribution is -0.120. The summed E-state index contributed by atoms with van der Waals surface area (Å²) in [6.45, 7) is 5.11. The molecule has 0 aliphatic carbocycles. The summed E-state index contributed by atoms with van der Waals surface area (Å²) in [6.07, 6.45) is -0.601. The number of hydrogen-bond acceptors (Lipinski definition) is 4. The molecule has 0 saturated heterocycles. The largest absolute Gasteiger partial charge is 0.389 e. The predicted octanol–water partition coefficient (Wildman–Crippen LogP) is -0.673. The summed E-state index contributed by atoms with van der Waals surface area (Å²) in [5, 5.41) is 14.3. The maximum absolute atomic E-state index is 10.8. The summed E-state index contributed by atoms with van der Waals surface area (Å²) >= 11 is 0. The summed E-state index contributed by atoms with van der Waals surface area (Å²) < 4.78 is 0. The van der Waals surface area contributed by atoms with Crippen molar-refractivity contribution < 1.29 is 9.90 Å². The van der Waals surface area contributed by atoms with E-state index in [0.717, 1.165) is 0 Å². The molecule has 5 heteroatoms. The van der Waals surface area contributed by atoms with Crippen molar-refractivity contribution in [1.82, 2.24) is 15.8 Å². The zero-order valence-corrected chi connectivity index (χ0v) is 9.53. The van der Waals surface area contributed by atoms with Crippen molar-refractivity contribution in [3.05, 3.63) is 0 Å². The zero-order valence-electron chi connectivity index (χ0n) is 9.53. The summed E-state index contributed by atoms with van der Waals surface area (Å²) in [7, 11) is 3.63. The summed E-state index contributed by atoms with van der Waals surface area (Å²) in [5.41, 5.74) is 2.91.